The number of nitrogens with one attached hydrogen (secondary N) is 1. The molecule has 7 heteroatoms. The first-order valence-corrected chi connectivity index (χ1v) is 13.1. The zero-order valence-corrected chi connectivity index (χ0v) is 21.2. The third-order valence-corrected chi connectivity index (χ3v) is 9.89. The van der Waals surface area contributed by atoms with Gasteiger partial charge in [0.1, 0.15) is 11.3 Å². The second-order valence-electron chi connectivity index (χ2n) is 11.8. The SMILES string of the molecule is CN1C(=O)C(NC(=O)C(=Cc2ccccc2)C(F)(F)F)=C[C@]2(C)[C@H]3CC[C@]4(C)CCC[C@H]4[C@@H]3CC[C@@H]12. The van der Waals surface area contributed by atoms with Crippen LogP contribution in [0, 0.1) is 28.6 Å². The van der Waals surface area contributed by atoms with E-state index in [1.807, 2.05) is 6.08 Å². The van der Waals surface area contributed by atoms with Gasteiger partial charge < -0.3 is 10.2 Å². The molecule has 0 unspecified atom stereocenters. The molecule has 0 bridgehead atoms. The van der Waals surface area contributed by atoms with Gasteiger partial charge in [-0.05, 0) is 79.4 Å². The van der Waals surface area contributed by atoms with Gasteiger partial charge in [0.2, 0.25) is 0 Å². The Morgan fingerprint density at radius 1 is 1.06 bits per heavy atom. The van der Waals surface area contributed by atoms with Gasteiger partial charge in [0.05, 0.1) is 0 Å². The number of fused-ring (bicyclic) bond motifs is 5. The first-order valence-electron chi connectivity index (χ1n) is 13.1. The van der Waals surface area contributed by atoms with Gasteiger partial charge >= 0.3 is 6.18 Å². The third-order valence-electron chi connectivity index (χ3n) is 9.89. The molecular weight excluding hydrogens is 465 g/mol. The van der Waals surface area contributed by atoms with Crippen LogP contribution >= 0.6 is 0 Å². The van der Waals surface area contributed by atoms with Crippen LogP contribution in [0.5, 0.6) is 0 Å². The molecule has 36 heavy (non-hydrogen) atoms. The van der Waals surface area contributed by atoms with Crippen molar-refractivity contribution >= 4 is 17.9 Å². The zero-order chi connectivity index (χ0) is 25.9. The molecule has 194 valence electrons. The predicted molar refractivity (Wildman–Crippen MR) is 132 cm³/mol. The summed E-state index contributed by atoms with van der Waals surface area (Å²) in [5, 5.41) is 2.38. The van der Waals surface area contributed by atoms with Gasteiger partial charge in [-0.1, -0.05) is 50.6 Å². The molecule has 0 radical (unpaired) electrons. The number of alkyl halides is 3. The van der Waals surface area contributed by atoms with Crippen LogP contribution in [0.2, 0.25) is 0 Å². The number of hydrogen-bond acceptors (Lipinski definition) is 2. The number of likely N-dealkylation sites (N-methyl/N-ethyl adjacent to an activating group) is 1. The van der Waals surface area contributed by atoms with Crippen molar-refractivity contribution < 1.29 is 22.8 Å². The minimum Gasteiger partial charge on any atom is -0.337 e. The normalized spacial score (nSPS) is 36.5. The van der Waals surface area contributed by atoms with Crippen LogP contribution in [0.15, 0.2) is 47.7 Å². The Bertz CT molecular complexity index is 1110. The Morgan fingerprint density at radius 2 is 1.78 bits per heavy atom. The van der Waals surface area contributed by atoms with Gasteiger partial charge in [0.25, 0.3) is 11.8 Å². The van der Waals surface area contributed by atoms with Crippen molar-refractivity contribution in [3.05, 3.63) is 53.2 Å². The van der Waals surface area contributed by atoms with Crippen LogP contribution in [0.4, 0.5) is 13.2 Å². The first kappa shape index (κ1) is 25.1. The van der Waals surface area contributed by atoms with Crippen molar-refractivity contribution in [2.24, 2.45) is 28.6 Å². The number of amides is 2. The lowest BCUT2D eigenvalue weighted by molar-refractivity contribution is -0.142. The molecule has 4 nitrogen and oxygen atoms in total. The molecule has 1 aromatic carbocycles. The molecule has 3 fully saturated rings. The Balaban J connectivity index is 1.47. The van der Waals surface area contributed by atoms with Crippen molar-refractivity contribution in [1.29, 1.82) is 0 Å². The van der Waals surface area contributed by atoms with E-state index in [1.54, 1.807) is 30.1 Å². The Labute approximate surface area is 211 Å². The van der Waals surface area contributed by atoms with Crippen molar-refractivity contribution in [2.75, 3.05) is 7.05 Å². The predicted octanol–water partition coefficient (Wildman–Crippen LogP) is 6.11. The van der Waals surface area contributed by atoms with E-state index in [2.05, 4.69) is 19.2 Å². The molecule has 2 amide bonds. The number of benzene rings is 1. The van der Waals surface area contributed by atoms with Gasteiger partial charge in [0.15, 0.2) is 0 Å². The Hall–Kier alpha value is -2.57. The van der Waals surface area contributed by atoms with Gasteiger partial charge in [-0.2, -0.15) is 13.2 Å². The summed E-state index contributed by atoms with van der Waals surface area (Å²) >= 11 is 0. The highest BCUT2D eigenvalue weighted by Gasteiger charge is 2.59. The van der Waals surface area contributed by atoms with E-state index in [0.717, 1.165) is 31.8 Å². The highest BCUT2D eigenvalue weighted by atomic mass is 19.4. The van der Waals surface area contributed by atoms with Gasteiger partial charge in [-0.15, -0.1) is 0 Å². The molecule has 5 rings (SSSR count). The maximum Gasteiger partial charge on any atom is 0.421 e. The quantitative estimate of drug-likeness (QED) is 0.510. The summed E-state index contributed by atoms with van der Waals surface area (Å²) in [4.78, 5) is 27.8. The smallest absolute Gasteiger partial charge is 0.337 e. The molecule has 3 saturated carbocycles. The molecule has 0 saturated heterocycles. The standard InChI is InChI=1S/C29H35F3N2O2/c1-27-14-7-10-20(27)19-11-12-24-28(2,21(19)13-15-27)17-23(26(36)34(24)3)33-25(35)22(29(30,31)32)16-18-8-5-4-6-9-18/h4-6,8-9,16-17,19-21,24H,7,10-15H2,1-3H3,(H,33,35)/t19-,20-,21-,24+,27-,28+/m0/s1. The van der Waals surface area contributed by atoms with E-state index in [1.165, 1.54) is 31.4 Å². The maximum absolute atomic E-state index is 13.9. The van der Waals surface area contributed by atoms with Crippen LogP contribution in [-0.2, 0) is 9.59 Å². The van der Waals surface area contributed by atoms with Gasteiger partial charge in [-0.25, -0.2) is 0 Å². The average molecular weight is 501 g/mol. The first-order chi connectivity index (χ1) is 16.9. The summed E-state index contributed by atoms with van der Waals surface area (Å²) in [6, 6.07) is 7.91. The van der Waals surface area contributed by atoms with E-state index in [0.29, 0.717) is 23.2 Å². The number of rotatable bonds is 3. The maximum atomic E-state index is 13.9. The topological polar surface area (TPSA) is 49.4 Å². The van der Waals surface area contributed by atoms with E-state index in [4.69, 9.17) is 0 Å². The molecule has 3 aliphatic carbocycles. The van der Waals surface area contributed by atoms with Crippen molar-refractivity contribution in [1.82, 2.24) is 10.2 Å². The monoisotopic (exact) mass is 500 g/mol. The zero-order valence-electron chi connectivity index (χ0n) is 21.2. The van der Waals surface area contributed by atoms with Crippen LogP contribution < -0.4 is 5.32 Å². The highest BCUT2D eigenvalue weighted by molar-refractivity contribution is 6.05. The summed E-state index contributed by atoms with van der Waals surface area (Å²) in [6.45, 7) is 4.57. The molecular formula is C29H35F3N2O2. The average Bonchev–Trinajstić information content (AvgIpc) is 3.22. The lowest BCUT2D eigenvalue weighted by Crippen LogP contribution is -2.61. The molecule has 1 aromatic rings. The number of nitrogens with zero attached hydrogens (tertiary/aromatic N) is 1. The highest BCUT2D eigenvalue weighted by Crippen LogP contribution is 2.64. The summed E-state index contributed by atoms with van der Waals surface area (Å²) in [5.41, 5.74) is -1.10. The largest absolute Gasteiger partial charge is 0.421 e. The summed E-state index contributed by atoms with van der Waals surface area (Å²) in [5.74, 6) is -0.176. The summed E-state index contributed by atoms with van der Waals surface area (Å²) < 4.78 is 41.6. The second kappa shape index (κ2) is 8.77. The van der Waals surface area contributed by atoms with Crippen LogP contribution in [0.25, 0.3) is 6.08 Å². The van der Waals surface area contributed by atoms with E-state index < -0.39 is 23.6 Å². The van der Waals surface area contributed by atoms with Crippen molar-refractivity contribution in [2.45, 2.75) is 71.0 Å². The number of hydrogen-bond donors (Lipinski definition) is 1. The Morgan fingerprint density at radius 3 is 2.47 bits per heavy atom. The number of carbonyl (C=O) groups is 2. The lowest BCUT2D eigenvalue weighted by atomic mass is 9.48. The van der Waals surface area contributed by atoms with Crippen molar-refractivity contribution in [3.63, 3.8) is 0 Å². The van der Waals surface area contributed by atoms with E-state index in [9.17, 15) is 22.8 Å². The molecule has 6 atom stereocenters. The molecule has 1 aliphatic heterocycles. The summed E-state index contributed by atoms with van der Waals surface area (Å²) in [7, 11) is 1.72. The van der Waals surface area contributed by atoms with Crippen LogP contribution in [0.3, 0.4) is 0 Å². The fourth-order valence-corrected chi connectivity index (χ4v) is 8.15. The lowest BCUT2D eigenvalue weighted by Gasteiger charge is -2.60. The fourth-order valence-electron chi connectivity index (χ4n) is 8.15. The molecule has 0 spiro atoms. The van der Waals surface area contributed by atoms with E-state index in [-0.39, 0.29) is 22.7 Å². The molecule has 0 aromatic heterocycles. The third kappa shape index (κ3) is 4.08. The fraction of sp³-hybridized carbons (Fsp3) is 0.586. The summed E-state index contributed by atoms with van der Waals surface area (Å²) in [6.07, 6.45) is 5.70. The minimum absolute atomic E-state index is 0.0143. The van der Waals surface area contributed by atoms with Gasteiger partial charge in [-0.3, -0.25) is 9.59 Å². The number of halogens is 3. The van der Waals surface area contributed by atoms with Crippen LogP contribution in [-0.4, -0.2) is 36.0 Å². The Kier molecular flexibility index (Phi) is 6.12. The van der Waals surface area contributed by atoms with E-state index >= 15 is 0 Å². The molecule has 4 aliphatic rings. The second-order valence-corrected chi connectivity index (χ2v) is 11.8. The number of carbonyl (C=O) groups excluding carboxylic acids is 2. The minimum atomic E-state index is -4.86. The molecule has 1 N–H and O–H groups in total. The van der Waals surface area contributed by atoms with Crippen LogP contribution in [0.1, 0.15) is 64.4 Å². The molecule has 1 heterocycles. The van der Waals surface area contributed by atoms with Crippen molar-refractivity contribution in [3.8, 4) is 0 Å². The van der Waals surface area contributed by atoms with Gasteiger partial charge in [0, 0.05) is 18.5 Å².